The highest BCUT2D eigenvalue weighted by atomic mass is 35.5. The molecule has 0 spiro atoms. The average molecular weight is 219 g/mol. The van der Waals surface area contributed by atoms with E-state index in [-0.39, 0.29) is 18.4 Å². The number of hydrogen-bond donors (Lipinski definition) is 1. The molecule has 2 N–H and O–H groups in total. The number of nitrogens with zero attached hydrogens (tertiary/aromatic N) is 1. The summed E-state index contributed by atoms with van der Waals surface area (Å²) in [5.41, 5.74) is 6.90. The first kappa shape index (κ1) is 10.8. The molecule has 13 heavy (non-hydrogen) atoms. The SMILES string of the molecule is Cl.NC(c1ccc(Cl)cn1)C1CC1. The number of nitrogens with two attached hydrogens (primary N) is 1. The van der Waals surface area contributed by atoms with Gasteiger partial charge in [-0.2, -0.15) is 0 Å². The molecule has 0 saturated heterocycles. The van der Waals surface area contributed by atoms with Gasteiger partial charge in [-0.1, -0.05) is 11.6 Å². The Morgan fingerprint density at radius 2 is 2.15 bits per heavy atom. The van der Waals surface area contributed by atoms with Crippen LogP contribution in [-0.4, -0.2) is 4.98 Å². The molecule has 2 rings (SSSR count). The van der Waals surface area contributed by atoms with E-state index >= 15 is 0 Å². The smallest absolute Gasteiger partial charge is 0.0589 e. The van der Waals surface area contributed by atoms with E-state index in [0.29, 0.717) is 10.9 Å². The second kappa shape index (κ2) is 4.27. The molecule has 0 aliphatic heterocycles. The molecule has 1 aromatic rings. The molecule has 1 fully saturated rings. The van der Waals surface area contributed by atoms with Gasteiger partial charge in [0.15, 0.2) is 0 Å². The topological polar surface area (TPSA) is 38.9 Å². The molecule has 1 unspecified atom stereocenters. The van der Waals surface area contributed by atoms with Gasteiger partial charge in [0.05, 0.1) is 10.7 Å². The van der Waals surface area contributed by atoms with Crippen LogP contribution in [0.15, 0.2) is 18.3 Å². The lowest BCUT2D eigenvalue weighted by Crippen LogP contribution is -2.13. The van der Waals surface area contributed by atoms with Crippen LogP contribution in [0.25, 0.3) is 0 Å². The number of rotatable bonds is 2. The lowest BCUT2D eigenvalue weighted by molar-refractivity contribution is 0.615. The van der Waals surface area contributed by atoms with Crippen molar-refractivity contribution >= 4 is 24.0 Å². The minimum atomic E-state index is 0. The molecule has 1 heterocycles. The first-order valence-electron chi connectivity index (χ1n) is 4.14. The molecule has 1 saturated carbocycles. The van der Waals surface area contributed by atoms with Crippen molar-refractivity contribution in [1.29, 1.82) is 0 Å². The lowest BCUT2D eigenvalue weighted by Gasteiger charge is -2.08. The third-order valence-corrected chi connectivity index (χ3v) is 2.45. The summed E-state index contributed by atoms with van der Waals surface area (Å²) < 4.78 is 0. The third-order valence-electron chi connectivity index (χ3n) is 2.22. The molecule has 0 amide bonds. The van der Waals surface area contributed by atoms with Gasteiger partial charge in [-0.05, 0) is 30.9 Å². The van der Waals surface area contributed by atoms with Crippen molar-refractivity contribution < 1.29 is 0 Å². The van der Waals surface area contributed by atoms with Gasteiger partial charge in [0.1, 0.15) is 0 Å². The third kappa shape index (κ3) is 2.56. The highest BCUT2D eigenvalue weighted by Gasteiger charge is 2.30. The summed E-state index contributed by atoms with van der Waals surface area (Å²) in [7, 11) is 0. The van der Waals surface area contributed by atoms with Gasteiger partial charge in [0.2, 0.25) is 0 Å². The van der Waals surface area contributed by atoms with Gasteiger partial charge in [0, 0.05) is 12.2 Å². The van der Waals surface area contributed by atoms with E-state index in [0.717, 1.165) is 5.69 Å². The summed E-state index contributed by atoms with van der Waals surface area (Å²) in [6.45, 7) is 0. The summed E-state index contributed by atoms with van der Waals surface area (Å²) in [6.07, 6.45) is 4.13. The number of halogens is 2. The van der Waals surface area contributed by atoms with E-state index in [9.17, 15) is 0 Å². The van der Waals surface area contributed by atoms with Crippen molar-refractivity contribution in [3.05, 3.63) is 29.0 Å². The van der Waals surface area contributed by atoms with Crippen LogP contribution in [0.1, 0.15) is 24.6 Å². The zero-order valence-corrected chi connectivity index (χ0v) is 8.68. The first-order chi connectivity index (χ1) is 5.77. The van der Waals surface area contributed by atoms with Gasteiger partial charge in [-0.15, -0.1) is 12.4 Å². The van der Waals surface area contributed by atoms with Crippen LogP contribution in [0.4, 0.5) is 0 Å². The predicted molar refractivity (Wildman–Crippen MR) is 56.1 cm³/mol. The maximum Gasteiger partial charge on any atom is 0.0589 e. The minimum absolute atomic E-state index is 0. The fourth-order valence-electron chi connectivity index (χ4n) is 1.28. The summed E-state index contributed by atoms with van der Waals surface area (Å²) >= 11 is 5.71. The van der Waals surface area contributed by atoms with E-state index in [1.54, 1.807) is 6.20 Å². The number of hydrogen-bond acceptors (Lipinski definition) is 2. The Kier molecular flexibility index (Phi) is 3.54. The maximum absolute atomic E-state index is 5.94. The molecule has 1 atom stereocenters. The molecule has 4 heteroatoms. The highest BCUT2D eigenvalue weighted by Crippen LogP contribution is 2.38. The summed E-state index contributed by atoms with van der Waals surface area (Å²) in [5, 5.41) is 0.668. The molecular weight excluding hydrogens is 207 g/mol. The van der Waals surface area contributed by atoms with Crippen LogP contribution in [0.5, 0.6) is 0 Å². The second-order valence-electron chi connectivity index (χ2n) is 3.26. The van der Waals surface area contributed by atoms with Crippen LogP contribution in [-0.2, 0) is 0 Å². The Balaban J connectivity index is 0.000000845. The molecule has 1 aromatic heterocycles. The zero-order chi connectivity index (χ0) is 8.55. The normalized spacial score (nSPS) is 17.7. The first-order valence-corrected chi connectivity index (χ1v) is 4.52. The van der Waals surface area contributed by atoms with Crippen LogP contribution >= 0.6 is 24.0 Å². The molecule has 0 aromatic carbocycles. The standard InChI is InChI=1S/C9H11ClN2.ClH/c10-7-3-4-8(12-5-7)9(11)6-1-2-6;/h3-6,9H,1-2,11H2;1H. The molecule has 1 aliphatic rings. The molecule has 2 nitrogen and oxygen atoms in total. The molecular formula is C9H12Cl2N2. The average Bonchev–Trinajstić information content (AvgIpc) is 2.87. The summed E-state index contributed by atoms with van der Waals surface area (Å²) in [4.78, 5) is 4.18. The van der Waals surface area contributed by atoms with Crippen molar-refractivity contribution in [3.63, 3.8) is 0 Å². The van der Waals surface area contributed by atoms with Crippen LogP contribution in [0.3, 0.4) is 0 Å². The predicted octanol–water partition coefficient (Wildman–Crippen LogP) is 2.57. The van der Waals surface area contributed by atoms with Gasteiger partial charge in [0.25, 0.3) is 0 Å². The molecule has 1 aliphatic carbocycles. The van der Waals surface area contributed by atoms with Crippen molar-refractivity contribution in [2.45, 2.75) is 18.9 Å². The molecule has 0 radical (unpaired) electrons. The number of pyridine rings is 1. The Hall–Kier alpha value is -0.310. The van der Waals surface area contributed by atoms with Crippen molar-refractivity contribution in [3.8, 4) is 0 Å². The second-order valence-corrected chi connectivity index (χ2v) is 3.70. The van der Waals surface area contributed by atoms with Crippen molar-refractivity contribution in [2.75, 3.05) is 0 Å². The highest BCUT2D eigenvalue weighted by molar-refractivity contribution is 6.30. The van der Waals surface area contributed by atoms with Crippen molar-refractivity contribution in [2.24, 2.45) is 11.7 Å². The van der Waals surface area contributed by atoms with Crippen molar-refractivity contribution in [1.82, 2.24) is 4.98 Å². The van der Waals surface area contributed by atoms with Gasteiger partial charge < -0.3 is 5.73 Å². The lowest BCUT2D eigenvalue weighted by atomic mass is 10.1. The van der Waals surface area contributed by atoms with Gasteiger partial charge >= 0.3 is 0 Å². The monoisotopic (exact) mass is 218 g/mol. The molecule has 0 bridgehead atoms. The number of aromatic nitrogens is 1. The van der Waals surface area contributed by atoms with Gasteiger partial charge in [-0.3, -0.25) is 4.98 Å². The minimum Gasteiger partial charge on any atom is -0.322 e. The fraction of sp³-hybridized carbons (Fsp3) is 0.444. The quantitative estimate of drug-likeness (QED) is 0.830. The van der Waals surface area contributed by atoms with Gasteiger partial charge in [-0.25, -0.2) is 0 Å². The van der Waals surface area contributed by atoms with E-state index in [4.69, 9.17) is 17.3 Å². The van der Waals surface area contributed by atoms with E-state index in [1.807, 2.05) is 12.1 Å². The van der Waals surface area contributed by atoms with Crippen LogP contribution in [0.2, 0.25) is 5.02 Å². The fourth-order valence-corrected chi connectivity index (χ4v) is 1.39. The maximum atomic E-state index is 5.94. The Morgan fingerprint density at radius 3 is 2.62 bits per heavy atom. The van der Waals surface area contributed by atoms with E-state index in [1.165, 1.54) is 12.8 Å². The Bertz CT molecular complexity index is 269. The zero-order valence-electron chi connectivity index (χ0n) is 7.11. The Morgan fingerprint density at radius 1 is 1.46 bits per heavy atom. The van der Waals surface area contributed by atoms with E-state index in [2.05, 4.69) is 4.98 Å². The summed E-state index contributed by atoms with van der Waals surface area (Å²) in [6, 6.07) is 3.86. The van der Waals surface area contributed by atoms with Crippen LogP contribution < -0.4 is 5.73 Å². The largest absolute Gasteiger partial charge is 0.322 e. The summed E-state index contributed by atoms with van der Waals surface area (Å²) in [5.74, 6) is 0.652. The molecule has 72 valence electrons. The Labute approximate surface area is 88.9 Å². The van der Waals surface area contributed by atoms with E-state index < -0.39 is 0 Å². The van der Waals surface area contributed by atoms with Crippen LogP contribution in [0, 0.1) is 5.92 Å².